The normalized spacial score (nSPS) is 20.1. The molecule has 0 bridgehead atoms. The van der Waals surface area contributed by atoms with Gasteiger partial charge in [0.1, 0.15) is 0 Å². The lowest BCUT2D eigenvalue weighted by atomic mass is 10.1. The lowest BCUT2D eigenvalue weighted by molar-refractivity contribution is -0.123. The minimum atomic E-state index is 0.00129. The molecule has 2 heterocycles. The average molecular weight is 247 g/mol. The van der Waals surface area contributed by atoms with Crippen molar-refractivity contribution in [3.8, 4) is 0 Å². The molecule has 2 N–H and O–H groups in total. The van der Waals surface area contributed by atoms with E-state index >= 15 is 0 Å². The lowest BCUT2D eigenvalue weighted by Gasteiger charge is -2.15. The molecule has 0 spiro atoms. The van der Waals surface area contributed by atoms with Gasteiger partial charge >= 0.3 is 0 Å². The molecule has 1 atom stereocenters. The molecule has 98 valence electrons. The maximum atomic E-state index is 12.0. The van der Waals surface area contributed by atoms with Crippen LogP contribution in [0.2, 0.25) is 0 Å². The molecule has 18 heavy (non-hydrogen) atoms. The van der Waals surface area contributed by atoms with Crippen molar-refractivity contribution in [2.75, 3.05) is 13.1 Å². The minimum Gasteiger partial charge on any atom is -0.354 e. The van der Waals surface area contributed by atoms with Crippen LogP contribution in [0.1, 0.15) is 31.2 Å². The van der Waals surface area contributed by atoms with Crippen LogP contribution in [0.5, 0.6) is 0 Å². The molecule has 1 unspecified atom stereocenters. The van der Waals surface area contributed by atoms with Crippen LogP contribution in [0, 0.1) is 0 Å². The number of rotatable bonds is 4. The number of carbonyl (C=O) groups is 1. The van der Waals surface area contributed by atoms with Crippen molar-refractivity contribution in [3.63, 3.8) is 0 Å². The molecule has 1 amide bonds. The number of aromatic nitrogens is 1. The van der Waals surface area contributed by atoms with E-state index < -0.39 is 0 Å². The number of hydrogen-bond donors (Lipinski definition) is 2. The van der Waals surface area contributed by atoms with E-state index in [-0.39, 0.29) is 11.9 Å². The van der Waals surface area contributed by atoms with Gasteiger partial charge in [-0.1, -0.05) is 18.9 Å². The van der Waals surface area contributed by atoms with Crippen molar-refractivity contribution >= 4 is 5.91 Å². The van der Waals surface area contributed by atoms with E-state index in [2.05, 4.69) is 15.6 Å². The summed E-state index contributed by atoms with van der Waals surface area (Å²) in [6, 6.07) is 3.95. The van der Waals surface area contributed by atoms with Gasteiger partial charge in [0, 0.05) is 18.9 Å². The Balaban J connectivity index is 1.71. The van der Waals surface area contributed by atoms with Gasteiger partial charge in [-0.15, -0.1) is 0 Å². The first-order valence-corrected chi connectivity index (χ1v) is 6.76. The summed E-state index contributed by atoms with van der Waals surface area (Å²) in [5.74, 6) is 0.140. The van der Waals surface area contributed by atoms with Crippen molar-refractivity contribution in [3.05, 3.63) is 30.1 Å². The molecule has 1 aliphatic heterocycles. The Morgan fingerprint density at radius 3 is 3.22 bits per heavy atom. The van der Waals surface area contributed by atoms with Crippen molar-refractivity contribution < 1.29 is 4.79 Å². The van der Waals surface area contributed by atoms with Gasteiger partial charge in [0.2, 0.25) is 5.91 Å². The summed E-state index contributed by atoms with van der Waals surface area (Å²) >= 11 is 0. The molecule has 1 saturated heterocycles. The fourth-order valence-electron chi connectivity index (χ4n) is 2.25. The van der Waals surface area contributed by atoms with E-state index in [4.69, 9.17) is 0 Å². The second kappa shape index (κ2) is 7.11. The van der Waals surface area contributed by atoms with Gasteiger partial charge < -0.3 is 10.6 Å². The number of hydrogen-bond acceptors (Lipinski definition) is 3. The summed E-state index contributed by atoms with van der Waals surface area (Å²) in [5, 5.41) is 6.31. The second-order valence-corrected chi connectivity index (χ2v) is 4.76. The minimum absolute atomic E-state index is 0.00129. The average Bonchev–Trinajstić information content (AvgIpc) is 2.69. The van der Waals surface area contributed by atoms with Crippen LogP contribution >= 0.6 is 0 Å². The number of carbonyl (C=O) groups excluding carboxylic acids is 1. The first-order valence-electron chi connectivity index (χ1n) is 6.76. The van der Waals surface area contributed by atoms with Crippen LogP contribution < -0.4 is 10.6 Å². The molecular weight excluding hydrogens is 226 g/mol. The van der Waals surface area contributed by atoms with E-state index in [1.807, 2.05) is 18.3 Å². The van der Waals surface area contributed by atoms with Gasteiger partial charge in [-0.25, -0.2) is 0 Å². The Morgan fingerprint density at radius 2 is 2.39 bits per heavy atom. The van der Waals surface area contributed by atoms with Gasteiger partial charge in [-0.05, 0) is 37.4 Å². The molecule has 1 aliphatic rings. The zero-order chi connectivity index (χ0) is 12.6. The summed E-state index contributed by atoms with van der Waals surface area (Å²) in [6.45, 7) is 1.64. The highest BCUT2D eigenvalue weighted by atomic mass is 16.2. The largest absolute Gasteiger partial charge is 0.354 e. The predicted octanol–water partition coefficient (Wildman–Crippen LogP) is 1.27. The second-order valence-electron chi connectivity index (χ2n) is 4.76. The van der Waals surface area contributed by atoms with Gasteiger partial charge in [-0.3, -0.25) is 9.78 Å². The van der Waals surface area contributed by atoms with E-state index in [1.165, 1.54) is 12.8 Å². The fourth-order valence-corrected chi connectivity index (χ4v) is 2.25. The zero-order valence-corrected chi connectivity index (χ0v) is 10.7. The third-order valence-corrected chi connectivity index (χ3v) is 3.31. The maximum Gasteiger partial charge on any atom is 0.237 e. The molecule has 1 aromatic heterocycles. The van der Waals surface area contributed by atoms with Gasteiger partial charge in [-0.2, -0.15) is 0 Å². The Hall–Kier alpha value is -1.42. The Labute approximate surface area is 108 Å². The zero-order valence-electron chi connectivity index (χ0n) is 10.7. The molecule has 1 aromatic rings. The van der Waals surface area contributed by atoms with Crippen molar-refractivity contribution in [1.82, 2.24) is 15.6 Å². The number of nitrogens with one attached hydrogen (secondary N) is 2. The summed E-state index contributed by atoms with van der Waals surface area (Å²) in [6.07, 6.45) is 8.96. The first-order chi connectivity index (χ1) is 8.86. The molecule has 2 rings (SSSR count). The predicted molar refractivity (Wildman–Crippen MR) is 71.2 cm³/mol. The molecule has 1 fully saturated rings. The molecule has 0 saturated carbocycles. The number of amides is 1. The Kier molecular flexibility index (Phi) is 5.15. The first kappa shape index (κ1) is 13.0. The van der Waals surface area contributed by atoms with Crippen molar-refractivity contribution in [2.24, 2.45) is 0 Å². The molecular formula is C14H21N3O. The van der Waals surface area contributed by atoms with E-state index in [0.717, 1.165) is 31.4 Å². The molecule has 0 aliphatic carbocycles. The highest BCUT2D eigenvalue weighted by molar-refractivity contribution is 5.81. The van der Waals surface area contributed by atoms with Crippen LogP contribution in [0.4, 0.5) is 0 Å². The standard InChI is InChI=1S/C14H21N3O/c18-14(13-6-2-1-3-9-16-13)17-10-7-12-5-4-8-15-11-12/h4-5,8,11,13,16H,1-3,6-7,9-10H2,(H,17,18). The lowest BCUT2D eigenvalue weighted by Crippen LogP contribution is -2.44. The van der Waals surface area contributed by atoms with Crippen molar-refractivity contribution in [2.45, 2.75) is 38.1 Å². The topological polar surface area (TPSA) is 54.0 Å². The molecule has 4 heteroatoms. The van der Waals surface area contributed by atoms with Crippen LogP contribution in [0.15, 0.2) is 24.5 Å². The van der Waals surface area contributed by atoms with E-state index in [9.17, 15) is 4.79 Å². The van der Waals surface area contributed by atoms with E-state index in [0.29, 0.717) is 6.54 Å². The summed E-state index contributed by atoms with van der Waals surface area (Å²) in [7, 11) is 0. The highest BCUT2D eigenvalue weighted by Crippen LogP contribution is 2.08. The Morgan fingerprint density at radius 1 is 1.44 bits per heavy atom. The van der Waals surface area contributed by atoms with Crippen LogP contribution in [-0.4, -0.2) is 30.0 Å². The van der Waals surface area contributed by atoms with Gasteiger partial charge in [0.05, 0.1) is 6.04 Å². The summed E-state index contributed by atoms with van der Waals surface area (Å²) < 4.78 is 0. The third kappa shape index (κ3) is 4.11. The van der Waals surface area contributed by atoms with Crippen LogP contribution in [-0.2, 0) is 11.2 Å². The quantitative estimate of drug-likeness (QED) is 0.842. The molecule has 0 aromatic carbocycles. The Bertz CT molecular complexity index is 359. The maximum absolute atomic E-state index is 12.0. The SMILES string of the molecule is O=C(NCCc1cccnc1)C1CCCCCN1. The third-order valence-electron chi connectivity index (χ3n) is 3.31. The highest BCUT2D eigenvalue weighted by Gasteiger charge is 2.18. The summed E-state index contributed by atoms with van der Waals surface area (Å²) in [4.78, 5) is 16.0. The molecule has 0 radical (unpaired) electrons. The number of nitrogens with zero attached hydrogens (tertiary/aromatic N) is 1. The number of pyridine rings is 1. The van der Waals surface area contributed by atoms with Gasteiger partial charge in [0.25, 0.3) is 0 Å². The molecule has 4 nitrogen and oxygen atoms in total. The van der Waals surface area contributed by atoms with Gasteiger partial charge in [0.15, 0.2) is 0 Å². The van der Waals surface area contributed by atoms with E-state index in [1.54, 1.807) is 6.20 Å². The van der Waals surface area contributed by atoms with Crippen LogP contribution in [0.25, 0.3) is 0 Å². The fraction of sp³-hybridized carbons (Fsp3) is 0.571. The van der Waals surface area contributed by atoms with Crippen molar-refractivity contribution in [1.29, 1.82) is 0 Å². The van der Waals surface area contributed by atoms with Crippen LogP contribution in [0.3, 0.4) is 0 Å². The monoisotopic (exact) mass is 247 g/mol. The smallest absolute Gasteiger partial charge is 0.237 e. The summed E-state index contributed by atoms with van der Waals surface area (Å²) in [5.41, 5.74) is 1.16.